The quantitative estimate of drug-likeness (QED) is 0.833. The van der Waals surface area contributed by atoms with Crippen LogP contribution in [0.3, 0.4) is 0 Å². The molecule has 0 unspecified atom stereocenters. The zero-order valence-corrected chi connectivity index (χ0v) is 15.4. The number of furan rings is 1. The molecule has 0 aliphatic carbocycles. The molecule has 0 N–H and O–H groups in total. The molecule has 0 radical (unpaired) electrons. The van der Waals surface area contributed by atoms with E-state index in [1.807, 2.05) is 36.6 Å². The second-order valence-corrected chi connectivity index (χ2v) is 9.13. The van der Waals surface area contributed by atoms with E-state index in [9.17, 15) is 4.79 Å². The van der Waals surface area contributed by atoms with Crippen molar-refractivity contribution in [1.29, 1.82) is 0 Å². The maximum absolute atomic E-state index is 12.4. The molecule has 4 heterocycles. The van der Waals surface area contributed by atoms with Gasteiger partial charge in [0.15, 0.2) is 5.76 Å². The maximum atomic E-state index is 12.4. The second kappa shape index (κ2) is 6.20. The van der Waals surface area contributed by atoms with Gasteiger partial charge in [-0.05, 0) is 26.3 Å². The zero-order chi connectivity index (χ0) is 16.7. The van der Waals surface area contributed by atoms with Gasteiger partial charge in [0.05, 0.1) is 34.4 Å². The highest BCUT2D eigenvalue weighted by atomic mass is 32.2. The Bertz CT molecular complexity index is 749. The lowest BCUT2D eigenvalue weighted by molar-refractivity contribution is 0.0234. The van der Waals surface area contributed by atoms with Gasteiger partial charge in [-0.2, -0.15) is 0 Å². The molecule has 0 saturated carbocycles. The Balaban J connectivity index is 1.28. The number of carbonyl (C=O) groups excluding carboxylic acids is 1. The van der Waals surface area contributed by atoms with E-state index < -0.39 is 0 Å². The van der Waals surface area contributed by atoms with Gasteiger partial charge in [-0.1, -0.05) is 0 Å². The predicted octanol–water partition coefficient (Wildman–Crippen LogP) is 3.27. The molecule has 2 aliphatic heterocycles. The van der Waals surface area contributed by atoms with Crippen LogP contribution in [0.4, 0.5) is 0 Å². The third-order valence-corrected chi connectivity index (χ3v) is 7.01. The summed E-state index contributed by atoms with van der Waals surface area (Å²) in [5, 5.41) is 3.13. The van der Waals surface area contributed by atoms with Crippen molar-refractivity contribution in [2.45, 2.75) is 37.7 Å². The molecule has 1 amide bonds. The van der Waals surface area contributed by atoms with E-state index in [4.69, 9.17) is 9.15 Å². The number of aromatic nitrogens is 1. The minimum atomic E-state index is 0.00559. The molecule has 2 saturated heterocycles. The molecule has 5 nitrogen and oxygen atoms in total. The molecule has 1 atom stereocenters. The second-order valence-electron chi connectivity index (χ2n) is 6.58. The average molecular weight is 364 g/mol. The molecule has 2 aliphatic rings. The van der Waals surface area contributed by atoms with Crippen LogP contribution in [0.15, 0.2) is 22.1 Å². The largest absolute Gasteiger partial charge is 0.459 e. The van der Waals surface area contributed by atoms with Crippen LogP contribution in [0.5, 0.6) is 0 Å². The summed E-state index contributed by atoms with van der Waals surface area (Å²) in [5.41, 5.74) is 1.92. The molecule has 128 valence electrons. The van der Waals surface area contributed by atoms with E-state index in [2.05, 4.69) is 10.4 Å². The van der Waals surface area contributed by atoms with Crippen LogP contribution in [0, 0.1) is 13.8 Å². The summed E-state index contributed by atoms with van der Waals surface area (Å²) in [6, 6.07) is 1.83. The molecular weight excluding hydrogens is 344 g/mol. The van der Waals surface area contributed by atoms with Crippen molar-refractivity contribution in [3.63, 3.8) is 0 Å². The molecule has 7 heteroatoms. The first kappa shape index (κ1) is 16.2. The third kappa shape index (κ3) is 3.00. The summed E-state index contributed by atoms with van der Waals surface area (Å²) < 4.78 is 11.5. The Morgan fingerprint density at radius 3 is 3.00 bits per heavy atom. The summed E-state index contributed by atoms with van der Waals surface area (Å²) in [4.78, 5) is 18.7. The number of likely N-dealkylation sites (tertiary alicyclic amines) is 1. The van der Waals surface area contributed by atoms with Crippen molar-refractivity contribution < 1.29 is 13.9 Å². The van der Waals surface area contributed by atoms with Crippen LogP contribution in [0.1, 0.15) is 33.2 Å². The Labute approximate surface area is 149 Å². The van der Waals surface area contributed by atoms with Gasteiger partial charge in [0.2, 0.25) is 0 Å². The van der Waals surface area contributed by atoms with E-state index in [1.54, 1.807) is 17.6 Å². The number of hydrogen-bond donors (Lipinski definition) is 0. The number of aryl methyl sites for hydroxylation is 2. The Morgan fingerprint density at radius 1 is 1.50 bits per heavy atom. The smallest absolute Gasteiger partial charge is 0.289 e. The van der Waals surface area contributed by atoms with Crippen LogP contribution in [0.25, 0.3) is 0 Å². The number of hydrogen-bond acceptors (Lipinski definition) is 6. The van der Waals surface area contributed by atoms with Gasteiger partial charge in [-0.25, -0.2) is 4.98 Å². The maximum Gasteiger partial charge on any atom is 0.289 e. The van der Waals surface area contributed by atoms with Crippen LogP contribution in [-0.4, -0.2) is 45.5 Å². The van der Waals surface area contributed by atoms with Gasteiger partial charge >= 0.3 is 0 Å². The third-order valence-electron chi connectivity index (χ3n) is 4.61. The Morgan fingerprint density at radius 2 is 2.33 bits per heavy atom. The summed E-state index contributed by atoms with van der Waals surface area (Å²) in [6.45, 7) is 6.06. The van der Waals surface area contributed by atoms with Crippen molar-refractivity contribution in [3.05, 3.63) is 39.7 Å². The first-order chi connectivity index (χ1) is 11.5. The van der Waals surface area contributed by atoms with Crippen LogP contribution < -0.4 is 0 Å². The average Bonchev–Trinajstić information content (AvgIpc) is 3.22. The molecule has 24 heavy (non-hydrogen) atoms. The Hall–Kier alpha value is -1.31. The van der Waals surface area contributed by atoms with Gasteiger partial charge in [-0.3, -0.25) is 4.79 Å². The monoisotopic (exact) mass is 364 g/mol. The first-order valence-corrected chi connectivity index (χ1v) is 9.91. The highest BCUT2D eigenvalue weighted by Gasteiger charge is 2.51. The van der Waals surface area contributed by atoms with Gasteiger partial charge in [0, 0.05) is 29.8 Å². The molecule has 0 bridgehead atoms. The fourth-order valence-corrected chi connectivity index (χ4v) is 5.48. The van der Waals surface area contributed by atoms with Crippen molar-refractivity contribution in [2.75, 3.05) is 18.8 Å². The number of amides is 1. The molecule has 4 rings (SSSR count). The van der Waals surface area contributed by atoms with Crippen LogP contribution in [-0.2, 0) is 11.3 Å². The number of ether oxygens (including phenoxy) is 1. The molecule has 2 aromatic rings. The lowest BCUT2D eigenvalue weighted by atomic mass is 9.92. The van der Waals surface area contributed by atoms with E-state index in [0.29, 0.717) is 12.4 Å². The van der Waals surface area contributed by atoms with Gasteiger partial charge in [0.1, 0.15) is 0 Å². The van der Waals surface area contributed by atoms with Crippen molar-refractivity contribution >= 4 is 29.0 Å². The van der Waals surface area contributed by atoms with Crippen LogP contribution in [0.2, 0.25) is 0 Å². The highest BCUT2D eigenvalue weighted by Crippen LogP contribution is 2.46. The molecule has 1 spiro atoms. The van der Waals surface area contributed by atoms with E-state index >= 15 is 0 Å². The van der Waals surface area contributed by atoms with Crippen molar-refractivity contribution in [3.8, 4) is 0 Å². The normalized spacial score (nSPS) is 22.1. The summed E-state index contributed by atoms with van der Waals surface area (Å²) in [7, 11) is 0. The Kier molecular flexibility index (Phi) is 4.18. The minimum Gasteiger partial charge on any atom is -0.459 e. The van der Waals surface area contributed by atoms with E-state index in [0.717, 1.165) is 41.5 Å². The lowest BCUT2D eigenvalue weighted by Crippen LogP contribution is -2.60. The molecule has 2 fully saturated rings. The molecule has 2 aromatic heterocycles. The van der Waals surface area contributed by atoms with Gasteiger partial charge in [-0.15, -0.1) is 23.1 Å². The first-order valence-electron chi connectivity index (χ1n) is 8.05. The molecule has 0 aromatic carbocycles. The standard InChI is InChI=1S/C17H20N2O3S2/c1-11-3-4-21-15(11)16(20)19-9-17(10-19)5-14(8-24-17)22-6-13-7-23-12(2)18-13/h3-4,7,14H,5-6,8-10H2,1-2H3/t14-/m1/s1. The van der Waals surface area contributed by atoms with Crippen LogP contribution >= 0.6 is 23.1 Å². The summed E-state index contributed by atoms with van der Waals surface area (Å²) in [6.07, 6.45) is 2.83. The van der Waals surface area contributed by atoms with Crippen molar-refractivity contribution in [1.82, 2.24) is 9.88 Å². The fourth-order valence-electron chi connectivity index (χ4n) is 3.34. The zero-order valence-electron chi connectivity index (χ0n) is 13.8. The number of thiazole rings is 1. The SMILES string of the molecule is Cc1nc(CO[C@H]2CSC3(C2)CN(C(=O)c2occc2C)C3)cs1. The number of rotatable bonds is 4. The lowest BCUT2D eigenvalue weighted by Gasteiger charge is -2.47. The van der Waals surface area contributed by atoms with E-state index in [-0.39, 0.29) is 16.8 Å². The van der Waals surface area contributed by atoms with Gasteiger partial charge in [0.25, 0.3) is 5.91 Å². The number of nitrogens with zero attached hydrogens (tertiary/aromatic N) is 2. The summed E-state index contributed by atoms with van der Waals surface area (Å²) in [5.74, 6) is 1.47. The topological polar surface area (TPSA) is 55.6 Å². The predicted molar refractivity (Wildman–Crippen MR) is 94.6 cm³/mol. The number of carbonyl (C=O) groups is 1. The number of thioether (sulfide) groups is 1. The van der Waals surface area contributed by atoms with E-state index in [1.165, 1.54) is 0 Å². The van der Waals surface area contributed by atoms with Crippen molar-refractivity contribution in [2.24, 2.45) is 0 Å². The minimum absolute atomic E-state index is 0.00559. The fraction of sp³-hybridized carbons (Fsp3) is 0.529. The molecular formula is C17H20N2O3S2. The summed E-state index contributed by atoms with van der Waals surface area (Å²) >= 11 is 3.59. The highest BCUT2D eigenvalue weighted by molar-refractivity contribution is 8.01. The van der Waals surface area contributed by atoms with Gasteiger partial charge < -0.3 is 14.1 Å².